The Morgan fingerprint density at radius 1 is 1.39 bits per heavy atom. The Hall–Kier alpha value is -0.590. The Kier molecular flexibility index (Phi) is 6.67. The zero-order chi connectivity index (χ0) is 13.4. The molecule has 0 aromatic rings. The highest BCUT2D eigenvalue weighted by atomic mass is 16.5. The van der Waals surface area contributed by atoms with Gasteiger partial charge in [0.05, 0.1) is 6.07 Å². The van der Waals surface area contributed by atoms with Crippen LogP contribution < -0.4 is 5.32 Å². The van der Waals surface area contributed by atoms with E-state index in [1.54, 1.807) is 0 Å². The molecule has 0 bridgehead atoms. The van der Waals surface area contributed by atoms with Crippen molar-refractivity contribution in [2.24, 2.45) is 5.92 Å². The topological polar surface area (TPSA) is 45.0 Å². The van der Waals surface area contributed by atoms with Crippen LogP contribution in [0.2, 0.25) is 0 Å². The van der Waals surface area contributed by atoms with Crippen molar-refractivity contribution in [3.05, 3.63) is 0 Å². The van der Waals surface area contributed by atoms with Crippen LogP contribution in [0.25, 0.3) is 0 Å². The van der Waals surface area contributed by atoms with Gasteiger partial charge in [-0.1, -0.05) is 20.8 Å². The molecule has 1 fully saturated rings. The molecule has 0 amide bonds. The number of nitrogens with zero attached hydrogens (tertiary/aromatic N) is 1. The molecule has 3 nitrogen and oxygen atoms in total. The second-order valence-corrected chi connectivity index (χ2v) is 5.86. The number of ether oxygens (including phenoxy) is 1. The first kappa shape index (κ1) is 15.5. The molecule has 0 heterocycles. The van der Waals surface area contributed by atoms with E-state index in [0.717, 1.165) is 38.9 Å². The molecule has 1 saturated carbocycles. The summed E-state index contributed by atoms with van der Waals surface area (Å²) in [6.07, 6.45) is 6.34. The molecule has 1 rings (SSSR count). The summed E-state index contributed by atoms with van der Waals surface area (Å²) in [7, 11) is 0. The molecule has 1 aliphatic carbocycles. The van der Waals surface area contributed by atoms with Crippen molar-refractivity contribution in [2.45, 2.75) is 70.9 Å². The van der Waals surface area contributed by atoms with E-state index in [-0.39, 0.29) is 5.54 Å². The Balaban J connectivity index is 2.15. The van der Waals surface area contributed by atoms with Gasteiger partial charge in [0.2, 0.25) is 0 Å². The van der Waals surface area contributed by atoms with Gasteiger partial charge in [-0.2, -0.15) is 5.26 Å². The molecule has 0 saturated heterocycles. The lowest BCUT2D eigenvalue weighted by Crippen LogP contribution is -2.44. The van der Waals surface area contributed by atoms with Gasteiger partial charge in [0.25, 0.3) is 0 Å². The van der Waals surface area contributed by atoms with E-state index in [4.69, 9.17) is 4.74 Å². The highest BCUT2D eigenvalue weighted by molar-refractivity contribution is 5.09. The van der Waals surface area contributed by atoms with E-state index in [9.17, 15) is 5.26 Å². The summed E-state index contributed by atoms with van der Waals surface area (Å²) in [5, 5.41) is 12.9. The maximum atomic E-state index is 9.38. The Labute approximate surface area is 112 Å². The minimum absolute atomic E-state index is 0.317. The summed E-state index contributed by atoms with van der Waals surface area (Å²) in [4.78, 5) is 0. The van der Waals surface area contributed by atoms with Gasteiger partial charge in [-0.15, -0.1) is 0 Å². The third-order valence-corrected chi connectivity index (χ3v) is 3.61. The first-order valence-electron chi connectivity index (χ1n) is 7.38. The van der Waals surface area contributed by atoms with E-state index in [2.05, 4.69) is 32.2 Å². The highest BCUT2D eigenvalue weighted by Crippen LogP contribution is 2.26. The zero-order valence-corrected chi connectivity index (χ0v) is 12.2. The van der Waals surface area contributed by atoms with Crippen molar-refractivity contribution in [3.8, 4) is 6.07 Å². The van der Waals surface area contributed by atoms with Crippen LogP contribution in [0, 0.1) is 17.2 Å². The molecule has 1 atom stereocenters. The van der Waals surface area contributed by atoms with Gasteiger partial charge in [0.15, 0.2) is 0 Å². The second kappa shape index (κ2) is 7.76. The first-order valence-corrected chi connectivity index (χ1v) is 7.38. The molecular weight excluding hydrogens is 224 g/mol. The van der Waals surface area contributed by atoms with Crippen LogP contribution in [0.15, 0.2) is 0 Å². The number of hydrogen-bond acceptors (Lipinski definition) is 3. The average Bonchev–Trinajstić information content (AvgIpc) is 3.15. The van der Waals surface area contributed by atoms with E-state index in [1.807, 2.05) is 0 Å². The van der Waals surface area contributed by atoms with Crippen molar-refractivity contribution in [2.75, 3.05) is 13.2 Å². The van der Waals surface area contributed by atoms with E-state index < -0.39 is 0 Å². The lowest BCUT2D eigenvalue weighted by Gasteiger charge is -2.26. The van der Waals surface area contributed by atoms with Crippen LogP contribution in [-0.2, 0) is 4.74 Å². The first-order chi connectivity index (χ1) is 8.62. The van der Waals surface area contributed by atoms with Gasteiger partial charge >= 0.3 is 0 Å². The van der Waals surface area contributed by atoms with Gasteiger partial charge in [-0.05, 0) is 44.4 Å². The van der Waals surface area contributed by atoms with Crippen LogP contribution in [0.4, 0.5) is 0 Å². The average molecular weight is 252 g/mol. The van der Waals surface area contributed by atoms with Gasteiger partial charge in [0, 0.05) is 19.3 Å². The molecule has 0 radical (unpaired) electrons. The molecule has 104 valence electrons. The molecule has 0 aliphatic heterocycles. The molecule has 0 spiro atoms. The Morgan fingerprint density at radius 2 is 2.11 bits per heavy atom. The van der Waals surface area contributed by atoms with Crippen LogP contribution in [0.3, 0.4) is 0 Å². The summed E-state index contributed by atoms with van der Waals surface area (Å²) in [6, 6.07) is 3.07. The van der Waals surface area contributed by atoms with Crippen LogP contribution in [0.5, 0.6) is 0 Å². The molecule has 1 N–H and O–H groups in total. The molecule has 0 aromatic heterocycles. The molecule has 18 heavy (non-hydrogen) atoms. The Morgan fingerprint density at radius 3 is 2.61 bits per heavy atom. The predicted octanol–water partition coefficient (Wildman–Crippen LogP) is 3.25. The van der Waals surface area contributed by atoms with E-state index >= 15 is 0 Å². The minimum atomic E-state index is -0.317. The van der Waals surface area contributed by atoms with E-state index in [0.29, 0.717) is 12.0 Å². The van der Waals surface area contributed by atoms with Crippen LogP contribution in [0.1, 0.15) is 59.3 Å². The van der Waals surface area contributed by atoms with Gasteiger partial charge in [0.1, 0.15) is 5.54 Å². The van der Waals surface area contributed by atoms with Crippen LogP contribution >= 0.6 is 0 Å². The maximum absolute atomic E-state index is 9.38. The van der Waals surface area contributed by atoms with E-state index in [1.165, 1.54) is 12.8 Å². The molecule has 3 heteroatoms. The minimum Gasteiger partial charge on any atom is -0.381 e. The number of hydrogen-bond donors (Lipinski definition) is 1. The fraction of sp³-hybridized carbons (Fsp3) is 0.933. The summed E-state index contributed by atoms with van der Waals surface area (Å²) < 4.78 is 5.61. The van der Waals surface area contributed by atoms with Crippen molar-refractivity contribution in [3.63, 3.8) is 0 Å². The molecular formula is C15H28N2O. The van der Waals surface area contributed by atoms with Gasteiger partial charge in [-0.25, -0.2) is 0 Å². The van der Waals surface area contributed by atoms with Crippen molar-refractivity contribution < 1.29 is 4.74 Å². The fourth-order valence-corrected chi connectivity index (χ4v) is 2.03. The molecule has 1 unspecified atom stereocenters. The SMILES string of the molecule is CCC(C#N)(CCCOCCC(C)C)NC1CC1. The largest absolute Gasteiger partial charge is 0.381 e. The highest BCUT2D eigenvalue weighted by Gasteiger charge is 2.34. The summed E-state index contributed by atoms with van der Waals surface area (Å²) in [5.74, 6) is 0.704. The normalized spacial score (nSPS) is 18.6. The Bertz CT molecular complexity index is 268. The molecule has 1 aliphatic rings. The summed E-state index contributed by atoms with van der Waals surface area (Å²) in [5.41, 5.74) is -0.317. The number of rotatable bonds is 10. The standard InChI is InChI=1S/C15H28N2O/c1-4-15(12-16,17-14-6-7-14)9-5-10-18-11-8-13(2)3/h13-14,17H,4-11H2,1-3H3. The quantitative estimate of drug-likeness (QED) is 0.607. The summed E-state index contributed by atoms with van der Waals surface area (Å²) >= 11 is 0. The predicted molar refractivity (Wildman–Crippen MR) is 74.3 cm³/mol. The van der Waals surface area contributed by atoms with Crippen molar-refractivity contribution in [1.82, 2.24) is 5.32 Å². The summed E-state index contributed by atoms with van der Waals surface area (Å²) in [6.45, 7) is 8.14. The monoisotopic (exact) mass is 252 g/mol. The lowest BCUT2D eigenvalue weighted by molar-refractivity contribution is 0.115. The number of nitrogens with one attached hydrogen (secondary N) is 1. The van der Waals surface area contributed by atoms with Gasteiger partial charge in [-0.3, -0.25) is 5.32 Å². The lowest BCUT2D eigenvalue weighted by atomic mass is 9.92. The van der Waals surface area contributed by atoms with Crippen molar-refractivity contribution in [1.29, 1.82) is 5.26 Å². The second-order valence-electron chi connectivity index (χ2n) is 5.86. The molecule has 0 aromatic carbocycles. The third-order valence-electron chi connectivity index (χ3n) is 3.61. The number of nitriles is 1. The third kappa shape index (κ3) is 5.84. The van der Waals surface area contributed by atoms with Gasteiger partial charge < -0.3 is 4.74 Å². The van der Waals surface area contributed by atoms with Crippen molar-refractivity contribution >= 4 is 0 Å². The fourth-order valence-electron chi connectivity index (χ4n) is 2.03. The van der Waals surface area contributed by atoms with Crippen LogP contribution in [-0.4, -0.2) is 24.8 Å². The smallest absolute Gasteiger partial charge is 0.106 e. The zero-order valence-electron chi connectivity index (χ0n) is 12.2. The maximum Gasteiger partial charge on any atom is 0.106 e.